The number of ether oxygens (including phenoxy) is 1. The number of piperidine rings is 1. The second-order valence-electron chi connectivity index (χ2n) is 5.95. The van der Waals surface area contributed by atoms with Crippen molar-refractivity contribution in [2.45, 2.75) is 46.1 Å². The van der Waals surface area contributed by atoms with E-state index in [-0.39, 0.29) is 24.0 Å². The summed E-state index contributed by atoms with van der Waals surface area (Å²) in [5, 5.41) is 6.79. The second kappa shape index (κ2) is 13.4. The number of nitrogens with zero attached hydrogens (tertiary/aromatic N) is 2. The molecular weight excluding hydrogens is 391 g/mol. The number of halogens is 1. The standard InChI is InChI=1S/C16H34N4O.HI/c1-5-14(3)19-16(17-6-2)18-13-15-7-9-20(10-8-15)11-12-21-4;/h14-15H,5-13H2,1-4H3,(H2,17,18,19);1H. The largest absolute Gasteiger partial charge is 0.383 e. The molecule has 0 aliphatic carbocycles. The number of aliphatic imine (C=N–C) groups is 1. The summed E-state index contributed by atoms with van der Waals surface area (Å²) in [6.07, 6.45) is 3.61. The van der Waals surface area contributed by atoms with E-state index in [1.165, 1.54) is 25.9 Å². The van der Waals surface area contributed by atoms with Gasteiger partial charge in [0.05, 0.1) is 6.61 Å². The van der Waals surface area contributed by atoms with Gasteiger partial charge in [0, 0.05) is 32.8 Å². The van der Waals surface area contributed by atoms with Crippen LogP contribution in [0, 0.1) is 5.92 Å². The maximum atomic E-state index is 5.14. The fraction of sp³-hybridized carbons (Fsp3) is 0.938. The molecule has 1 heterocycles. The lowest BCUT2D eigenvalue weighted by molar-refractivity contribution is 0.121. The smallest absolute Gasteiger partial charge is 0.191 e. The van der Waals surface area contributed by atoms with Crippen LogP contribution in [0.1, 0.15) is 40.0 Å². The van der Waals surface area contributed by atoms with Gasteiger partial charge in [-0.05, 0) is 52.1 Å². The van der Waals surface area contributed by atoms with Gasteiger partial charge in [-0.25, -0.2) is 0 Å². The van der Waals surface area contributed by atoms with Crippen LogP contribution in [0.25, 0.3) is 0 Å². The Kier molecular flexibility index (Phi) is 13.3. The number of nitrogens with one attached hydrogen (secondary N) is 2. The first-order chi connectivity index (χ1) is 10.2. The van der Waals surface area contributed by atoms with Crippen LogP contribution in [0.3, 0.4) is 0 Å². The minimum atomic E-state index is 0. The molecule has 0 aromatic carbocycles. The normalized spacial score (nSPS) is 18.6. The zero-order chi connectivity index (χ0) is 15.5. The summed E-state index contributed by atoms with van der Waals surface area (Å²) in [6, 6.07) is 0.471. The predicted molar refractivity (Wildman–Crippen MR) is 105 cm³/mol. The first-order valence-electron chi connectivity index (χ1n) is 8.45. The van der Waals surface area contributed by atoms with Crippen molar-refractivity contribution < 1.29 is 4.74 Å². The highest BCUT2D eigenvalue weighted by Crippen LogP contribution is 2.17. The molecule has 1 saturated heterocycles. The van der Waals surface area contributed by atoms with Gasteiger partial charge in [-0.1, -0.05) is 6.92 Å². The van der Waals surface area contributed by atoms with E-state index < -0.39 is 0 Å². The Balaban J connectivity index is 0.00000441. The van der Waals surface area contributed by atoms with Gasteiger partial charge in [0.15, 0.2) is 5.96 Å². The van der Waals surface area contributed by atoms with E-state index in [4.69, 9.17) is 9.73 Å². The van der Waals surface area contributed by atoms with Gasteiger partial charge in [-0.15, -0.1) is 24.0 Å². The van der Waals surface area contributed by atoms with Crippen molar-refractivity contribution >= 4 is 29.9 Å². The maximum absolute atomic E-state index is 5.14. The summed E-state index contributed by atoms with van der Waals surface area (Å²) in [5.41, 5.74) is 0. The minimum absolute atomic E-state index is 0. The molecule has 1 rings (SSSR count). The maximum Gasteiger partial charge on any atom is 0.191 e. The molecule has 22 heavy (non-hydrogen) atoms. The van der Waals surface area contributed by atoms with Gasteiger partial charge < -0.3 is 20.3 Å². The lowest BCUT2D eigenvalue weighted by Gasteiger charge is -2.31. The molecule has 2 N–H and O–H groups in total. The molecule has 1 aliphatic heterocycles. The van der Waals surface area contributed by atoms with Crippen LogP contribution >= 0.6 is 24.0 Å². The van der Waals surface area contributed by atoms with Crippen LogP contribution in [0.15, 0.2) is 4.99 Å². The fourth-order valence-corrected chi connectivity index (χ4v) is 2.49. The molecule has 1 fully saturated rings. The Morgan fingerprint density at radius 3 is 2.55 bits per heavy atom. The molecule has 0 aromatic heterocycles. The van der Waals surface area contributed by atoms with Crippen molar-refractivity contribution in [3.63, 3.8) is 0 Å². The molecule has 5 nitrogen and oxygen atoms in total. The van der Waals surface area contributed by atoms with E-state index >= 15 is 0 Å². The Hall–Kier alpha value is -0.0800. The van der Waals surface area contributed by atoms with Crippen molar-refractivity contribution in [3.8, 4) is 0 Å². The average Bonchev–Trinajstić information content (AvgIpc) is 2.51. The number of methoxy groups -OCH3 is 1. The van der Waals surface area contributed by atoms with E-state index in [1.54, 1.807) is 7.11 Å². The lowest BCUT2D eigenvalue weighted by atomic mass is 9.97. The molecule has 0 amide bonds. The SMILES string of the molecule is CCNC(=NCC1CCN(CCOC)CC1)NC(C)CC.I. The minimum Gasteiger partial charge on any atom is -0.383 e. The number of hydrogen-bond donors (Lipinski definition) is 2. The van der Waals surface area contributed by atoms with E-state index in [1.807, 2.05) is 0 Å². The Labute approximate surface area is 153 Å². The van der Waals surface area contributed by atoms with Crippen molar-refractivity contribution in [2.75, 3.05) is 46.4 Å². The molecule has 1 aliphatic rings. The van der Waals surface area contributed by atoms with Crippen LogP contribution in [0.5, 0.6) is 0 Å². The highest BCUT2D eigenvalue weighted by molar-refractivity contribution is 14.0. The second-order valence-corrected chi connectivity index (χ2v) is 5.95. The summed E-state index contributed by atoms with van der Waals surface area (Å²) in [6.45, 7) is 12.6. The van der Waals surface area contributed by atoms with E-state index in [2.05, 4.69) is 36.3 Å². The summed E-state index contributed by atoms with van der Waals surface area (Å²) in [4.78, 5) is 7.26. The van der Waals surface area contributed by atoms with E-state index in [0.29, 0.717) is 6.04 Å². The third kappa shape index (κ3) is 9.15. The molecule has 0 spiro atoms. The van der Waals surface area contributed by atoms with Gasteiger partial charge in [-0.3, -0.25) is 4.99 Å². The van der Waals surface area contributed by atoms with Gasteiger partial charge in [0.25, 0.3) is 0 Å². The van der Waals surface area contributed by atoms with Crippen LogP contribution in [0.4, 0.5) is 0 Å². The van der Waals surface area contributed by atoms with Crippen LogP contribution in [-0.4, -0.2) is 63.3 Å². The lowest BCUT2D eigenvalue weighted by Crippen LogP contribution is -2.42. The number of hydrogen-bond acceptors (Lipinski definition) is 3. The monoisotopic (exact) mass is 426 g/mol. The molecule has 1 atom stereocenters. The van der Waals surface area contributed by atoms with Gasteiger partial charge in [0.1, 0.15) is 0 Å². The predicted octanol–water partition coefficient (Wildman–Crippen LogP) is 2.32. The van der Waals surface area contributed by atoms with Crippen molar-refractivity contribution in [2.24, 2.45) is 10.9 Å². The van der Waals surface area contributed by atoms with E-state index in [9.17, 15) is 0 Å². The molecule has 0 bridgehead atoms. The number of guanidine groups is 1. The van der Waals surface area contributed by atoms with Gasteiger partial charge >= 0.3 is 0 Å². The fourth-order valence-electron chi connectivity index (χ4n) is 2.49. The van der Waals surface area contributed by atoms with Crippen LogP contribution in [-0.2, 0) is 4.74 Å². The molecule has 0 saturated carbocycles. The van der Waals surface area contributed by atoms with Crippen LogP contribution in [0.2, 0.25) is 0 Å². The first kappa shape index (κ1) is 21.9. The average molecular weight is 426 g/mol. The quantitative estimate of drug-likeness (QED) is 0.355. The summed E-state index contributed by atoms with van der Waals surface area (Å²) >= 11 is 0. The number of rotatable bonds is 8. The summed E-state index contributed by atoms with van der Waals surface area (Å²) in [7, 11) is 1.77. The van der Waals surface area contributed by atoms with Crippen molar-refractivity contribution in [1.29, 1.82) is 0 Å². The van der Waals surface area contributed by atoms with Gasteiger partial charge in [-0.2, -0.15) is 0 Å². The van der Waals surface area contributed by atoms with Gasteiger partial charge in [0.2, 0.25) is 0 Å². The molecule has 6 heteroatoms. The van der Waals surface area contributed by atoms with E-state index in [0.717, 1.165) is 44.5 Å². The molecule has 1 unspecified atom stereocenters. The zero-order valence-corrected chi connectivity index (χ0v) is 17.1. The Morgan fingerprint density at radius 2 is 2.00 bits per heavy atom. The first-order valence-corrected chi connectivity index (χ1v) is 8.45. The zero-order valence-electron chi connectivity index (χ0n) is 14.7. The molecular formula is C16H35IN4O. The Morgan fingerprint density at radius 1 is 1.32 bits per heavy atom. The third-order valence-corrected chi connectivity index (χ3v) is 4.17. The molecule has 132 valence electrons. The molecule has 0 radical (unpaired) electrons. The van der Waals surface area contributed by atoms with Crippen molar-refractivity contribution in [1.82, 2.24) is 15.5 Å². The third-order valence-electron chi connectivity index (χ3n) is 4.17. The highest BCUT2D eigenvalue weighted by Gasteiger charge is 2.18. The summed E-state index contributed by atoms with van der Waals surface area (Å²) < 4.78 is 5.14. The number of likely N-dealkylation sites (tertiary alicyclic amines) is 1. The van der Waals surface area contributed by atoms with Crippen LogP contribution < -0.4 is 10.6 Å². The topological polar surface area (TPSA) is 48.9 Å². The van der Waals surface area contributed by atoms with Crippen molar-refractivity contribution in [3.05, 3.63) is 0 Å². The summed E-state index contributed by atoms with van der Waals surface area (Å²) in [5.74, 6) is 1.69. The Bertz CT molecular complexity index is 294. The highest BCUT2D eigenvalue weighted by atomic mass is 127. The molecule has 0 aromatic rings.